The van der Waals surface area contributed by atoms with Gasteiger partial charge >= 0.3 is 0 Å². The van der Waals surface area contributed by atoms with Gasteiger partial charge in [-0.25, -0.2) is 8.42 Å². The number of nitrogens with two attached hydrogens (primary N) is 1. The van der Waals surface area contributed by atoms with Crippen LogP contribution in [0.1, 0.15) is 18.7 Å². The summed E-state index contributed by atoms with van der Waals surface area (Å²) < 4.78 is 26.5. The summed E-state index contributed by atoms with van der Waals surface area (Å²) in [6, 6.07) is 1.69. The van der Waals surface area contributed by atoms with E-state index in [0.29, 0.717) is 24.5 Å². The molecule has 1 fully saturated rings. The lowest BCUT2D eigenvalue weighted by Gasteiger charge is -2.36. The van der Waals surface area contributed by atoms with Crippen LogP contribution < -0.4 is 5.73 Å². The van der Waals surface area contributed by atoms with E-state index >= 15 is 0 Å². The summed E-state index contributed by atoms with van der Waals surface area (Å²) in [5.41, 5.74) is 5.53. The Bertz CT molecular complexity index is 522. The third-order valence-corrected chi connectivity index (χ3v) is 7.09. The standard InChI is InChI=1S/C11H18N2O2S3/c1-11(2)8-13(3-4-17-11)18(14,15)10-5-9(6-12)16-7-10/h5,7H,3-4,6,8,12H2,1-2H3. The fourth-order valence-electron chi connectivity index (χ4n) is 1.93. The molecular weight excluding hydrogens is 288 g/mol. The van der Waals surface area contributed by atoms with Crippen molar-refractivity contribution < 1.29 is 8.42 Å². The van der Waals surface area contributed by atoms with Crippen LogP contribution in [-0.2, 0) is 16.6 Å². The van der Waals surface area contributed by atoms with Gasteiger partial charge in [0.1, 0.15) is 0 Å². The molecule has 1 aromatic heterocycles. The molecule has 0 spiro atoms. The Labute approximate surface area is 117 Å². The molecule has 1 aromatic rings. The normalized spacial score (nSPS) is 21.1. The Hall–Kier alpha value is -0.0800. The highest BCUT2D eigenvalue weighted by Crippen LogP contribution is 2.33. The second-order valence-electron chi connectivity index (χ2n) is 4.90. The molecular formula is C11H18N2O2S3. The molecule has 7 heteroatoms. The van der Waals surface area contributed by atoms with E-state index in [4.69, 9.17) is 5.73 Å². The SMILES string of the molecule is CC1(C)CN(S(=O)(=O)c2csc(CN)c2)CCS1. The molecule has 18 heavy (non-hydrogen) atoms. The molecule has 1 aliphatic rings. The largest absolute Gasteiger partial charge is 0.326 e. The Morgan fingerprint density at radius 3 is 2.78 bits per heavy atom. The van der Waals surface area contributed by atoms with E-state index in [9.17, 15) is 8.42 Å². The first kappa shape index (κ1) is 14.3. The number of hydrogen-bond acceptors (Lipinski definition) is 5. The Balaban J connectivity index is 2.25. The van der Waals surface area contributed by atoms with Crippen molar-refractivity contribution in [3.63, 3.8) is 0 Å². The van der Waals surface area contributed by atoms with Gasteiger partial charge in [0.15, 0.2) is 0 Å². The number of hydrogen-bond donors (Lipinski definition) is 1. The van der Waals surface area contributed by atoms with E-state index in [0.717, 1.165) is 10.6 Å². The summed E-state index contributed by atoms with van der Waals surface area (Å²) in [5.74, 6) is 0.847. The summed E-state index contributed by atoms with van der Waals surface area (Å²) in [6.45, 7) is 5.70. The summed E-state index contributed by atoms with van der Waals surface area (Å²) >= 11 is 3.23. The molecule has 2 heterocycles. The fraction of sp³-hybridized carbons (Fsp3) is 0.636. The first-order valence-corrected chi connectivity index (χ1v) is 9.07. The maximum Gasteiger partial charge on any atom is 0.243 e. The van der Waals surface area contributed by atoms with Crippen molar-refractivity contribution in [1.29, 1.82) is 0 Å². The predicted molar refractivity (Wildman–Crippen MR) is 77.5 cm³/mol. The number of thiophene rings is 1. The molecule has 4 nitrogen and oxygen atoms in total. The third kappa shape index (κ3) is 2.91. The number of sulfonamides is 1. The van der Waals surface area contributed by atoms with Crippen molar-refractivity contribution >= 4 is 33.1 Å². The highest BCUT2D eigenvalue weighted by Gasteiger charge is 2.34. The van der Waals surface area contributed by atoms with Crippen LogP contribution in [0.15, 0.2) is 16.3 Å². The van der Waals surface area contributed by atoms with Crippen LogP contribution in [0.25, 0.3) is 0 Å². The van der Waals surface area contributed by atoms with Gasteiger partial charge in [0.2, 0.25) is 10.0 Å². The average Bonchev–Trinajstić information content (AvgIpc) is 2.76. The second kappa shape index (κ2) is 5.13. The maximum absolute atomic E-state index is 12.5. The quantitative estimate of drug-likeness (QED) is 0.923. The van der Waals surface area contributed by atoms with Crippen LogP contribution in [0, 0.1) is 0 Å². The van der Waals surface area contributed by atoms with Crippen LogP contribution in [0.3, 0.4) is 0 Å². The summed E-state index contributed by atoms with van der Waals surface area (Å²) in [7, 11) is -3.35. The Kier molecular flexibility index (Phi) is 4.08. The molecule has 0 amide bonds. The maximum atomic E-state index is 12.5. The van der Waals surface area contributed by atoms with Gasteiger partial charge in [-0.1, -0.05) is 0 Å². The van der Waals surface area contributed by atoms with Gasteiger partial charge in [0, 0.05) is 40.4 Å². The molecule has 0 aliphatic carbocycles. The van der Waals surface area contributed by atoms with Crippen LogP contribution in [0.4, 0.5) is 0 Å². The molecule has 0 bridgehead atoms. The van der Waals surface area contributed by atoms with E-state index in [2.05, 4.69) is 13.8 Å². The number of thioether (sulfide) groups is 1. The van der Waals surface area contributed by atoms with E-state index in [1.54, 1.807) is 15.8 Å². The highest BCUT2D eigenvalue weighted by atomic mass is 32.2. The fourth-order valence-corrected chi connectivity index (χ4v) is 5.98. The number of rotatable bonds is 3. The van der Waals surface area contributed by atoms with Crippen molar-refractivity contribution in [2.75, 3.05) is 18.8 Å². The molecule has 2 rings (SSSR count). The predicted octanol–water partition coefficient (Wildman–Crippen LogP) is 1.72. The van der Waals surface area contributed by atoms with E-state index in [-0.39, 0.29) is 4.75 Å². The van der Waals surface area contributed by atoms with Gasteiger partial charge in [-0.15, -0.1) is 11.3 Å². The average molecular weight is 306 g/mol. The van der Waals surface area contributed by atoms with Crippen molar-refractivity contribution in [2.24, 2.45) is 5.73 Å². The van der Waals surface area contributed by atoms with Crippen LogP contribution in [0.5, 0.6) is 0 Å². The minimum atomic E-state index is -3.35. The monoisotopic (exact) mass is 306 g/mol. The molecule has 2 N–H and O–H groups in total. The molecule has 0 radical (unpaired) electrons. The molecule has 102 valence electrons. The minimum Gasteiger partial charge on any atom is -0.326 e. The zero-order chi connectivity index (χ0) is 13.4. The number of nitrogens with zero attached hydrogens (tertiary/aromatic N) is 1. The molecule has 0 saturated carbocycles. The highest BCUT2D eigenvalue weighted by molar-refractivity contribution is 8.00. The van der Waals surface area contributed by atoms with Crippen LogP contribution >= 0.6 is 23.1 Å². The van der Waals surface area contributed by atoms with E-state index < -0.39 is 10.0 Å². The van der Waals surface area contributed by atoms with Gasteiger partial charge in [-0.05, 0) is 19.9 Å². The topological polar surface area (TPSA) is 63.4 Å². The minimum absolute atomic E-state index is 0.0158. The van der Waals surface area contributed by atoms with Crippen LogP contribution in [0.2, 0.25) is 0 Å². The lowest BCUT2D eigenvalue weighted by Crippen LogP contribution is -2.45. The van der Waals surface area contributed by atoms with Crippen molar-refractivity contribution in [3.8, 4) is 0 Å². The Morgan fingerprint density at radius 2 is 2.22 bits per heavy atom. The Morgan fingerprint density at radius 1 is 1.50 bits per heavy atom. The van der Waals surface area contributed by atoms with Gasteiger partial charge in [-0.2, -0.15) is 16.1 Å². The van der Waals surface area contributed by atoms with Crippen molar-refractivity contribution in [3.05, 3.63) is 16.3 Å². The first-order chi connectivity index (χ1) is 8.35. The van der Waals surface area contributed by atoms with Crippen molar-refractivity contribution in [2.45, 2.75) is 30.0 Å². The van der Waals surface area contributed by atoms with Gasteiger partial charge in [0.05, 0.1) is 4.90 Å². The van der Waals surface area contributed by atoms with Crippen LogP contribution in [-0.4, -0.2) is 36.3 Å². The third-order valence-electron chi connectivity index (χ3n) is 2.86. The molecule has 0 aromatic carbocycles. The zero-order valence-corrected chi connectivity index (χ0v) is 13.0. The second-order valence-corrected chi connectivity index (χ2v) is 9.64. The lowest BCUT2D eigenvalue weighted by molar-refractivity contribution is 0.387. The smallest absolute Gasteiger partial charge is 0.243 e. The van der Waals surface area contributed by atoms with Crippen molar-refractivity contribution in [1.82, 2.24) is 4.31 Å². The van der Waals surface area contributed by atoms with Gasteiger partial charge in [0.25, 0.3) is 0 Å². The summed E-state index contributed by atoms with van der Waals surface area (Å²) in [5, 5.41) is 1.69. The lowest BCUT2D eigenvalue weighted by atomic mass is 10.2. The van der Waals surface area contributed by atoms with E-state index in [1.165, 1.54) is 11.3 Å². The summed E-state index contributed by atoms with van der Waals surface area (Å²) in [4.78, 5) is 1.29. The summed E-state index contributed by atoms with van der Waals surface area (Å²) in [6.07, 6.45) is 0. The first-order valence-electron chi connectivity index (χ1n) is 5.77. The molecule has 1 saturated heterocycles. The molecule has 0 atom stereocenters. The molecule has 0 unspecified atom stereocenters. The van der Waals surface area contributed by atoms with E-state index in [1.807, 2.05) is 11.8 Å². The zero-order valence-electron chi connectivity index (χ0n) is 10.5. The molecule has 1 aliphatic heterocycles. The van der Waals surface area contributed by atoms with Gasteiger partial charge in [-0.3, -0.25) is 0 Å². The van der Waals surface area contributed by atoms with Gasteiger partial charge < -0.3 is 5.73 Å².